The van der Waals surface area contributed by atoms with Crippen LogP contribution in [0.15, 0.2) is 83.9 Å². The van der Waals surface area contributed by atoms with Gasteiger partial charge in [0.05, 0.1) is 40.4 Å². The number of aromatic amines is 1. The first-order chi connectivity index (χ1) is 23.3. The van der Waals surface area contributed by atoms with Crippen molar-refractivity contribution < 1.29 is 58.3 Å². The van der Waals surface area contributed by atoms with Gasteiger partial charge in [0.15, 0.2) is 0 Å². The fraction of sp³-hybridized carbons (Fsp3) is 0.200. The molecule has 2 heterocycles. The third-order valence-corrected chi connectivity index (χ3v) is 10.8. The van der Waals surface area contributed by atoms with Gasteiger partial charge in [0.1, 0.15) is 17.1 Å². The van der Waals surface area contributed by atoms with Crippen molar-refractivity contribution >= 4 is 32.7 Å². The van der Waals surface area contributed by atoms with Crippen LogP contribution in [0.25, 0.3) is 11.3 Å². The molecule has 1 fully saturated rings. The summed E-state index contributed by atoms with van der Waals surface area (Å²) in [6.45, 7) is 0. The molecule has 4 N–H and O–H groups in total. The zero-order valence-corrected chi connectivity index (χ0v) is 26.6. The van der Waals surface area contributed by atoms with Crippen LogP contribution in [0.1, 0.15) is 45.8 Å². The van der Waals surface area contributed by atoms with Crippen LogP contribution in [0.4, 0.5) is 26.3 Å². The molecule has 1 aliphatic heterocycles. The number of hydroxylamine groups is 1. The van der Waals surface area contributed by atoms with Crippen LogP contribution in [-0.2, 0) is 37.0 Å². The largest absolute Gasteiger partial charge is 0.492 e. The fourth-order valence-electron chi connectivity index (χ4n) is 5.08. The van der Waals surface area contributed by atoms with Crippen LogP contribution in [0.2, 0.25) is 0 Å². The van der Waals surface area contributed by atoms with E-state index in [-0.39, 0.29) is 28.5 Å². The first-order valence-corrected chi connectivity index (χ1v) is 17.1. The molecular formula is C30H23F6N5O7S2. The summed E-state index contributed by atoms with van der Waals surface area (Å²) in [6.07, 6.45) is -10.8. The van der Waals surface area contributed by atoms with Gasteiger partial charge < -0.3 is 9.82 Å². The summed E-state index contributed by atoms with van der Waals surface area (Å²) < 4.78 is 131. The number of hydrogen-bond acceptors (Lipinski definition) is 9. The summed E-state index contributed by atoms with van der Waals surface area (Å²) in [5.41, 5.74) is -0.991. The third kappa shape index (κ3) is 7.61. The van der Waals surface area contributed by atoms with E-state index in [0.29, 0.717) is 23.8 Å². The average molecular weight is 744 g/mol. The van der Waals surface area contributed by atoms with Gasteiger partial charge in [0.2, 0.25) is 5.91 Å². The zero-order chi connectivity index (χ0) is 36.6. The Balaban J connectivity index is 1.67. The lowest BCUT2D eigenvalue weighted by molar-refractivity contribution is -0.227. The summed E-state index contributed by atoms with van der Waals surface area (Å²) in [5.74, 6) is -4.15. The van der Waals surface area contributed by atoms with E-state index in [1.54, 1.807) is 30.3 Å². The zero-order valence-electron chi connectivity index (χ0n) is 24.9. The molecule has 5 rings (SSSR count). The summed E-state index contributed by atoms with van der Waals surface area (Å²) in [6, 6.07) is 13.6. The van der Waals surface area contributed by atoms with Gasteiger partial charge in [0.25, 0.3) is 10.0 Å². The molecule has 3 aromatic carbocycles. The first kappa shape index (κ1) is 36.3. The van der Waals surface area contributed by atoms with E-state index in [9.17, 15) is 58.7 Å². The number of carbonyl (C=O) groups is 2. The molecule has 0 aliphatic carbocycles. The summed E-state index contributed by atoms with van der Waals surface area (Å²) in [7, 11) is -9.29. The Morgan fingerprint density at radius 3 is 2.36 bits per heavy atom. The second-order valence-corrected chi connectivity index (χ2v) is 14.5. The highest BCUT2D eigenvalue weighted by Crippen LogP contribution is 2.56. The minimum absolute atomic E-state index is 0.00553. The molecule has 1 unspecified atom stereocenters. The van der Waals surface area contributed by atoms with Crippen LogP contribution >= 0.6 is 10.8 Å². The Morgan fingerprint density at radius 2 is 1.76 bits per heavy atom. The van der Waals surface area contributed by atoms with Crippen LogP contribution in [0.3, 0.4) is 0 Å². The Kier molecular flexibility index (Phi) is 9.75. The molecule has 20 heteroatoms. The van der Waals surface area contributed by atoms with Gasteiger partial charge in [-0.3, -0.25) is 18.6 Å². The smallest absolute Gasteiger partial charge is 0.344 e. The second-order valence-electron chi connectivity index (χ2n) is 10.8. The Morgan fingerprint density at radius 1 is 1.06 bits per heavy atom. The van der Waals surface area contributed by atoms with E-state index in [2.05, 4.69) is 14.8 Å². The summed E-state index contributed by atoms with van der Waals surface area (Å²) in [4.78, 5) is 34.2. The van der Waals surface area contributed by atoms with Crippen molar-refractivity contribution in [1.29, 1.82) is 5.26 Å². The van der Waals surface area contributed by atoms with E-state index >= 15 is 0 Å². The molecule has 50 heavy (non-hydrogen) atoms. The molecule has 1 aliphatic rings. The number of rotatable bonds is 9. The lowest BCUT2D eigenvalue weighted by Crippen LogP contribution is -2.42. The van der Waals surface area contributed by atoms with Gasteiger partial charge in [0, 0.05) is 0 Å². The number of carbonyl (C=O) groups excluding carboxylic acids is 2. The van der Waals surface area contributed by atoms with E-state index in [4.69, 9.17) is 0 Å². The lowest BCUT2D eigenvalue weighted by Gasteiger charge is -2.33. The van der Waals surface area contributed by atoms with Gasteiger partial charge in [-0.2, -0.15) is 31.6 Å². The van der Waals surface area contributed by atoms with Crippen molar-refractivity contribution in [1.82, 2.24) is 19.2 Å². The van der Waals surface area contributed by atoms with Gasteiger partial charge in [-0.25, -0.2) is 18.2 Å². The Hall–Kier alpha value is -4.94. The highest BCUT2D eigenvalue weighted by atomic mass is 32.3. The molecule has 2 atom stereocenters. The maximum absolute atomic E-state index is 13.9. The van der Waals surface area contributed by atoms with Crippen molar-refractivity contribution in [3.8, 4) is 17.3 Å². The van der Waals surface area contributed by atoms with Gasteiger partial charge in [-0.05, 0) is 51.8 Å². The van der Waals surface area contributed by atoms with E-state index in [1.807, 2.05) is 10.8 Å². The quantitative estimate of drug-likeness (QED) is 0.115. The predicted molar refractivity (Wildman–Crippen MR) is 163 cm³/mol. The second kappa shape index (κ2) is 13.4. The number of benzene rings is 3. The minimum atomic E-state index is -5.77. The summed E-state index contributed by atoms with van der Waals surface area (Å²) in [5, 5.41) is 8.64. The highest BCUT2D eigenvalue weighted by Gasteiger charge is 2.48. The molecule has 4 aromatic rings. The number of imidazole rings is 1. The van der Waals surface area contributed by atoms with E-state index < -0.39 is 89.9 Å². The number of halogens is 6. The number of aromatic nitrogens is 2. The fourth-order valence-corrected chi connectivity index (χ4v) is 7.99. The molecule has 0 spiro atoms. The van der Waals surface area contributed by atoms with Crippen LogP contribution in [0, 0.1) is 11.3 Å². The number of nitrogens with one attached hydrogen (secondary N) is 2. The van der Waals surface area contributed by atoms with Crippen molar-refractivity contribution in [3.05, 3.63) is 107 Å². The highest BCUT2D eigenvalue weighted by molar-refractivity contribution is 8.23. The first-order valence-electron chi connectivity index (χ1n) is 14.0. The number of amides is 1. The number of nitrogens with zero attached hydrogens (tertiary/aromatic N) is 3. The maximum atomic E-state index is 13.9. The summed E-state index contributed by atoms with van der Waals surface area (Å²) >= 11 is 0. The standard InChI is InChI=1S/C30H23F6N5O7S2/c31-29(32,33)20-7-4-8-21(13-20)50(46,47)41(48-28(43)30(34,35)36)24(27-38-16-23(39-27)18-5-2-1-3-6-18)12-17-9-10-22(19(11-17)15-37)25-14-26(42)40-49(25,44)45/h1-11,13,16,24-25,44-45H,12,14H2,(H,38,39)(H,40,42)/t24-,25?/m0/s1. The molecule has 12 nitrogen and oxygen atoms in total. The van der Waals surface area contributed by atoms with E-state index in [1.165, 1.54) is 18.3 Å². The molecular weight excluding hydrogens is 720 g/mol. The molecule has 1 aromatic heterocycles. The monoisotopic (exact) mass is 743 g/mol. The minimum Gasteiger partial charge on any atom is -0.344 e. The normalized spacial score (nSPS) is 17.5. The van der Waals surface area contributed by atoms with Crippen molar-refractivity contribution in [2.75, 3.05) is 0 Å². The Labute approximate surface area is 280 Å². The number of hydrogen-bond donors (Lipinski definition) is 4. The third-order valence-electron chi connectivity index (χ3n) is 7.40. The van der Waals surface area contributed by atoms with E-state index in [0.717, 1.165) is 6.07 Å². The van der Waals surface area contributed by atoms with Crippen LogP contribution < -0.4 is 4.72 Å². The van der Waals surface area contributed by atoms with Crippen molar-refractivity contribution in [2.24, 2.45) is 0 Å². The van der Waals surface area contributed by atoms with Crippen LogP contribution in [-0.4, -0.2) is 50.0 Å². The molecule has 0 bridgehead atoms. The van der Waals surface area contributed by atoms with Gasteiger partial charge in [-0.1, -0.05) is 48.5 Å². The van der Waals surface area contributed by atoms with Gasteiger partial charge in [-0.15, -0.1) is 10.8 Å². The van der Waals surface area contributed by atoms with Crippen molar-refractivity contribution in [2.45, 2.75) is 41.4 Å². The molecule has 0 saturated carbocycles. The van der Waals surface area contributed by atoms with Gasteiger partial charge >= 0.3 is 18.3 Å². The predicted octanol–water partition coefficient (Wildman–Crippen LogP) is 6.19. The lowest BCUT2D eigenvalue weighted by atomic mass is 9.97. The molecule has 1 amide bonds. The molecule has 1 saturated heterocycles. The number of H-pyrrole nitrogens is 1. The van der Waals surface area contributed by atoms with Crippen molar-refractivity contribution in [3.63, 3.8) is 0 Å². The topological polar surface area (TPSA) is 186 Å². The Bertz CT molecular complexity index is 2080. The number of alkyl halides is 6. The average Bonchev–Trinajstić information content (AvgIpc) is 3.65. The number of nitriles is 1. The SMILES string of the molecule is N#Cc1cc(C[C@@H](c2ncc(-c3ccccc3)[nH]2)N(OC(=O)C(F)(F)F)S(=O)(=O)c2cccc(C(F)(F)F)c2)ccc1C1CC(=O)NS1(O)O. The molecule has 264 valence electrons. The van der Waals surface area contributed by atoms with Crippen LogP contribution in [0.5, 0.6) is 0 Å². The molecule has 0 radical (unpaired) electrons. The number of sulfonamides is 1. The maximum Gasteiger partial charge on any atom is 0.492 e.